The Labute approximate surface area is 323 Å². The van der Waals surface area contributed by atoms with Crippen molar-refractivity contribution in [1.29, 1.82) is 0 Å². The van der Waals surface area contributed by atoms with E-state index in [-0.39, 0.29) is 49.2 Å². The molecule has 0 unspecified atom stereocenters. The molecule has 1 N–H and O–H groups in total. The minimum atomic E-state index is -3.84. The van der Waals surface area contributed by atoms with Crippen molar-refractivity contribution in [3.05, 3.63) is 42.0 Å². The van der Waals surface area contributed by atoms with Gasteiger partial charge in [0.2, 0.25) is 27.7 Å². The summed E-state index contributed by atoms with van der Waals surface area (Å²) in [6, 6.07) is 4.57. The van der Waals surface area contributed by atoms with Crippen LogP contribution in [-0.4, -0.2) is 79.8 Å². The van der Waals surface area contributed by atoms with Crippen LogP contribution in [-0.2, 0) is 29.2 Å². The van der Waals surface area contributed by atoms with Crippen molar-refractivity contribution >= 4 is 50.4 Å². The number of ether oxygens (including phenoxy) is 3. The van der Waals surface area contributed by atoms with Crippen LogP contribution in [0.3, 0.4) is 0 Å². The maximum Gasteiger partial charge on any atom is 0.240 e. The van der Waals surface area contributed by atoms with Crippen molar-refractivity contribution in [1.82, 2.24) is 14.6 Å². The number of ketones is 2. The molecular formula is C42H53N3O9S. The number of nitrogens with zero attached hydrogens (tertiary/aromatic N) is 2. The molecule has 2 aromatic rings. The number of methoxy groups -OCH3 is 2. The average Bonchev–Trinajstić information content (AvgIpc) is 4.09. The van der Waals surface area contributed by atoms with E-state index in [1.54, 1.807) is 18.1 Å². The van der Waals surface area contributed by atoms with Crippen LogP contribution in [0, 0.1) is 17.3 Å². The topological polar surface area (TPSA) is 158 Å². The molecule has 0 spiro atoms. The number of pyridine rings is 1. The van der Waals surface area contributed by atoms with Gasteiger partial charge in [0.25, 0.3) is 0 Å². The Morgan fingerprint density at radius 1 is 0.964 bits per heavy atom. The Kier molecular flexibility index (Phi) is 11.7. The normalized spacial score (nSPS) is 29.5. The third-order valence-corrected chi connectivity index (χ3v) is 13.9. The minimum absolute atomic E-state index is 0.0443. The number of fused-ring (bicyclic) bond motifs is 4. The van der Waals surface area contributed by atoms with E-state index in [2.05, 4.69) is 15.8 Å². The Bertz CT molecular complexity index is 1990. The second-order valence-corrected chi connectivity index (χ2v) is 18.0. The van der Waals surface area contributed by atoms with Crippen LogP contribution < -0.4 is 18.9 Å². The molecule has 5 atom stereocenters. The molecule has 3 aliphatic heterocycles. The van der Waals surface area contributed by atoms with Crippen molar-refractivity contribution in [3.8, 4) is 17.4 Å². The van der Waals surface area contributed by atoms with Crippen molar-refractivity contribution < 1.29 is 41.8 Å². The number of rotatable bonds is 5. The fourth-order valence-electron chi connectivity index (χ4n) is 8.57. The highest BCUT2D eigenvalue weighted by atomic mass is 32.2. The van der Waals surface area contributed by atoms with Crippen molar-refractivity contribution in [2.24, 2.45) is 17.3 Å². The van der Waals surface area contributed by atoms with Gasteiger partial charge in [-0.05, 0) is 69.8 Å². The van der Waals surface area contributed by atoms with E-state index >= 15 is 0 Å². The van der Waals surface area contributed by atoms with Crippen LogP contribution >= 0.6 is 0 Å². The molecule has 7 rings (SSSR count). The van der Waals surface area contributed by atoms with E-state index < -0.39 is 44.7 Å². The highest BCUT2D eigenvalue weighted by molar-refractivity contribution is 7.90. The van der Waals surface area contributed by atoms with E-state index in [9.17, 15) is 27.6 Å². The number of carbonyl (C=O) groups excluding carboxylic acids is 4. The van der Waals surface area contributed by atoms with Crippen molar-refractivity contribution in [2.75, 3.05) is 20.8 Å². The highest BCUT2D eigenvalue weighted by Gasteiger charge is 2.61. The quantitative estimate of drug-likeness (QED) is 0.345. The number of Topliss-reactive ketones (excluding diaryl/α,β-unsaturated/α-hetero) is 2. The largest absolute Gasteiger partial charge is 0.496 e. The summed E-state index contributed by atoms with van der Waals surface area (Å²) in [7, 11) is -0.710. The second kappa shape index (κ2) is 16.5. The zero-order valence-corrected chi connectivity index (χ0v) is 32.7. The molecule has 3 fully saturated rings. The number of hydrogen-bond acceptors (Lipinski definition) is 10. The lowest BCUT2D eigenvalue weighted by Gasteiger charge is -2.29. The van der Waals surface area contributed by atoms with Crippen LogP contribution in [0.4, 0.5) is 0 Å². The average molecular weight is 776 g/mol. The number of amides is 2. The van der Waals surface area contributed by atoms with Crippen molar-refractivity contribution in [3.63, 3.8) is 0 Å². The third-order valence-electron chi connectivity index (χ3n) is 12.0. The SMILES string of the molecule is COc1cc2c3cc(c(OC)cc3n1)/C=C/CCCCCC(=O)C[C@H]1CCCCC/C=C\[C@H]3C[C@@]3(C(=O)NS(=O)(=O)C3CC3)CC(=O)[C@@H]3C[C@H](CN3C1=O)O2. The molecule has 12 nitrogen and oxygen atoms in total. The maximum atomic E-state index is 14.7. The second-order valence-electron chi connectivity index (χ2n) is 16.0. The number of carbonyl (C=O) groups is 4. The predicted molar refractivity (Wildman–Crippen MR) is 207 cm³/mol. The summed E-state index contributed by atoms with van der Waals surface area (Å²) >= 11 is 0. The van der Waals surface area contributed by atoms with E-state index in [4.69, 9.17) is 14.2 Å². The van der Waals surface area contributed by atoms with Crippen LogP contribution in [0.25, 0.3) is 17.0 Å². The van der Waals surface area contributed by atoms with E-state index in [1.807, 2.05) is 30.4 Å². The molecule has 55 heavy (non-hydrogen) atoms. The van der Waals surface area contributed by atoms with Crippen LogP contribution in [0.5, 0.6) is 17.4 Å². The third kappa shape index (κ3) is 8.76. The maximum absolute atomic E-state index is 14.7. The number of benzene rings is 1. The minimum Gasteiger partial charge on any atom is -0.496 e. The lowest BCUT2D eigenvalue weighted by molar-refractivity contribution is -0.143. The first kappa shape index (κ1) is 39.0. The Hall–Kier alpha value is -4.26. The number of aromatic nitrogens is 1. The van der Waals surface area contributed by atoms with Gasteiger partial charge in [0, 0.05) is 54.7 Å². The van der Waals surface area contributed by atoms with Crippen LogP contribution in [0.2, 0.25) is 0 Å². The van der Waals surface area contributed by atoms with Crippen LogP contribution in [0.15, 0.2) is 36.4 Å². The first-order valence-electron chi connectivity index (χ1n) is 20.0. The molecule has 4 heterocycles. The molecule has 2 saturated carbocycles. The zero-order valence-electron chi connectivity index (χ0n) is 31.9. The first-order chi connectivity index (χ1) is 26.5. The predicted octanol–water partition coefficient (Wildman–Crippen LogP) is 6.25. The summed E-state index contributed by atoms with van der Waals surface area (Å²) in [6.07, 6.45) is 16.5. The van der Waals surface area contributed by atoms with E-state index in [1.165, 1.54) is 7.11 Å². The summed E-state index contributed by atoms with van der Waals surface area (Å²) < 4.78 is 46.1. The molecule has 1 aromatic heterocycles. The molecule has 5 aliphatic rings. The standard InChI is InChI=1S/C42H53N3O9S/c1-52-37-22-34-33-20-27(37)13-9-5-4-8-12-16-30(46)19-28-14-10-6-3-7-11-15-29-24-42(29,41(49)44-55(50,51)32-17-18-32)25-36(47)35-21-31(26-45(35)40(28)48)54-38(33)23-39(43-34)53-2/h9,11,13,15,20,22-23,28-29,31-32,35H,3-8,10,12,14,16-19,21,24-26H2,1-2H3,(H,44,49)/b13-9+,15-11-/t28-,29+,31-,35+,42-/m1/s1. The molecule has 296 valence electrons. The smallest absolute Gasteiger partial charge is 0.240 e. The Morgan fingerprint density at radius 3 is 2.51 bits per heavy atom. The number of nitrogens with one attached hydrogen (secondary N) is 1. The summed E-state index contributed by atoms with van der Waals surface area (Å²) in [5, 5.41) is 0.128. The van der Waals surface area contributed by atoms with E-state index in [0.29, 0.717) is 60.4 Å². The zero-order chi connectivity index (χ0) is 38.7. The van der Waals surface area contributed by atoms with Gasteiger partial charge in [-0.1, -0.05) is 43.6 Å². The summed E-state index contributed by atoms with van der Waals surface area (Å²) in [5.74, 6) is -0.607. The highest BCUT2D eigenvalue weighted by Crippen LogP contribution is 2.57. The molecule has 13 heteroatoms. The molecule has 1 aromatic carbocycles. The summed E-state index contributed by atoms with van der Waals surface area (Å²) in [4.78, 5) is 62.7. The Morgan fingerprint density at radius 2 is 1.75 bits per heavy atom. The van der Waals surface area contributed by atoms with Gasteiger partial charge in [-0.3, -0.25) is 23.9 Å². The molecule has 2 amide bonds. The monoisotopic (exact) mass is 775 g/mol. The Balaban J connectivity index is 1.26. The number of allylic oxidation sites excluding steroid dienone is 3. The van der Waals surface area contributed by atoms with Gasteiger partial charge in [-0.25, -0.2) is 13.4 Å². The summed E-state index contributed by atoms with van der Waals surface area (Å²) in [5.41, 5.74) is 0.212. The van der Waals surface area contributed by atoms with Crippen molar-refractivity contribution in [2.45, 2.75) is 120 Å². The van der Waals surface area contributed by atoms with Gasteiger partial charge in [-0.15, -0.1) is 0 Å². The molecular weight excluding hydrogens is 723 g/mol. The first-order valence-corrected chi connectivity index (χ1v) is 21.5. The van der Waals surface area contributed by atoms with Gasteiger partial charge in [0.15, 0.2) is 5.78 Å². The molecule has 0 radical (unpaired) electrons. The molecule has 2 aliphatic carbocycles. The number of hydrogen-bond donors (Lipinski definition) is 1. The molecule has 1 saturated heterocycles. The lowest BCUT2D eigenvalue weighted by atomic mass is 9.90. The fraction of sp³-hybridized carbons (Fsp3) is 0.595. The van der Waals surface area contributed by atoms with E-state index in [0.717, 1.165) is 56.9 Å². The summed E-state index contributed by atoms with van der Waals surface area (Å²) in [6.45, 7) is 0.105. The van der Waals surface area contributed by atoms with Gasteiger partial charge in [0.05, 0.1) is 43.0 Å². The van der Waals surface area contributed by atoms with Gasteiger partial charge in [0.1, 0.15) is 23.4 Å². The number of sulfonamides is 1. The fourth-order valence-corrected chi connectivity index (χ4v) is 9.96. The van der Waals surface area contributed by atoms with Crippen LogP contribution in [0.1, 0.15) is 108 Å². The van der Waals surface area contributed by atoms with Gasteiger partial charge >= 0.3 is 0 Å². The van der Waals surface area contributed by atoms with Gasteiger partial charge < -0.3 is 19.1 Å². The van der Waals surface area contributed by atoms with Gasteiger partial charge in [-0.2, -0.15) is 0 Å². The molecule has 5 bridgehead atoms. The lowest BCUT2D eigenvalue weighted by Crippen LogP contribution is -2.46.